The number of aromatic nitrogens is 1. The summed E-state index contributed by atoms with van der Waals surface area (Å²) in [5.41, 5.74) is 5.18. The van der Waals surface area contributed by atoms with E-state index >= 15 is 0 Å². The van der Waals surface area contributed by atoms with E-state index in [0.717, 1.165) is 0 Å². The van der Waals surface area contributed by atoms with Gasteiger partial charge in [0.25, 0.3) is 5.91 Å². The van der Waals surface area contributed by atoms with Crippen molar-refractivity contribution in [2.24, 2.45) is 11.7 Å². The molecular formula is C12H14FN3O2. The molecule has 1 aliphatic rings. The molecule has 96 valence electrons. The molecule has 0 aliphatic carbocycles. The fraction of sp³-hybridized carbons (Fsp3) is 0.417. The second-order valence-corrected chi connectivity index (χ2v) is 4.31. The molecule has 2 N–H and O–H groups in total. The molecule has 2 amide bonds. The van der Waals surface area contributed by atoms with Gasteiger partial charge in [-0.25, -0.2) is 4.98 Å². The minimum atomic E-state index is -0.764. The molecule has 1 aliphatic heterocycles. The summed E-state index contributed by atoms with van der Waals surface area (Å²) in [5.74, 6) is -1.68. The van der Waals surface area contributed by atoms with E-state index < -0.39 is 5.95 Å². The maximum atomic E-state index is 13.4. The number of amides is 2. The van der Waals surface area contributed by atoms with Crippen molar-refractivity contribution in [2.75, 3.05) is 13.1 Å². The quantitative estimate of drug-likeness (QED) is 0.780. The van der Waals surface area contributed by atoms with Crippen molar-refractivity contribution in [1.82, 2.24) is 9.88 Å². The zero-order chi connectivity index (χ0) is 13.1. The van der Waals surface area contributed by atoms with Crippen molar-refractivity contribution in [3.8, 4) is 0 Å². The van der Waals surface area contributed by atoms with Gasteiger partial charge in [0.2, 0.25) is 11.9 Å². The predicted molar refractivity (Wildman–Crippen MR) is 62.0 cm³/mol. The molecule has 18 heavy (non-hydrogen) atoms. The van der Waals surface area contributed by atoms with Crippen molar-refractivity contribution in [3.63, 3.8) is 0 Å². The molecule has 2 heterocycles. The highest BCUT2D eigenvalue weighted by atomic mass is 19.1. The topological polar surface area (TPSA) is 76.3 Å². The monoisotopic (exact) mass is 251 g/mol. The number of carbonyl (C=O) groups excluding carboxylic acids is 2. The van der Waals surface area contributed by atoms with E-state index in [4.69, 9.17) is 5.73 Å². The highest BCUT2D eigenvalue weighted by Gasteiger charge is 2.27. The summed E-state index contributed by atoms with van der Waals surface area (Å²) in [6.07, 6.45) is 2.36. The SMILES string of the molecule is NC(=O)C1CCN(C(=O)c2cccnc2F)CC1. The molecule has 0 unspecified atom stereocenters. The molecule has 0 atom stereocenters. The first kappa shape index (κ1) is 12.5. The average Bonchev–Trinajstić information content (AvgIpc) is 2.38. The molecule has 1 aromatic rings. The summed E-state index contributed by atoms with van der Waals surface area (Å²) < 4.78 is 13.4. The number of primary amides is 1. The lowest BCUT2D eigenvalue weighted by molar-refractivity contribution is -0.123. The zero-order valence-corrected chi connectivity index (χ0v) is 9.80. The fourth-order valence-corrected chi connectivity index (χ4v) is 2.08. The molecule has 5 nitrogen and oxygen atoms in total. The number of rotatable bonds is 2. The lowest BCUT2D eigenvalue weighted by atomic mass is 9.96. The fourth-order valence-electron chi connectivity index (χ4n) is 2.08. The Bertz CT molecular complexity index is 470. The number of nitrogens with zero attached hydrogens (tertiary/aromatic N) is 2. The van der Waals surface area contributed by atoms with Gasteiger partial charge < -0.3 is 10.6 Å². The van der Waals surface area contributed by atoms with Crippen molar-refractivity contribution in [1.29, 1.82) is 0 Å². The smallest absolute Gasteiger partial charge is 0.258 e. The number of pyridine rings is 1. The maximum Gasteiger partial charge on any atom is 0.258 e. The third-order valence-corrected chi connectivity index (χ3v) is 3.17. The largest absolute Gasteiger partial charge is 0.369 e. The van der Waals surface area contributed by atoms with Crippen molar-refractivity contribution in [2.45, 2.75) is 12.8 Å². The van der Waals surface area contributed by atoms with E-state index in [9.17, 15) is 14.0 Å². The number of carbonyl (C=O) groups is 2. The van der Waals surface area contributed by atoms with Crippen LogP contribution in [0.4, 0.5) is 4.39 Å². The second kappa shape index (κ2) is 5.12. The molecule has 0 radical (unpaired) electrons. The first-order valence-electron chi connectivity index (χ1n) is 5.78. The summed E-state index contributed by atoms with van der Waals surface area (Å²) in [5, 5.41) is 0. The van der Waals surface area contributed by atoms with Gasteiger partial charge in [0.1, 0.15) is 0 Å². The zero-order valence-electron chi connectivity index (χ0n) is 9.80. The lowest BCUT2D eigenvalue weighted by Gasteiger charge is -2.30. The second-order valence-electron chi connectivity index (χ2n) is 4.31. The van der Waals surface area contributed by atoms with Crippen molar-refractivity contribution in [3.05, 3.63) is 29.8 Å². The first-order valence-corrected chi connectivity index (χ1v) is 5.78. The van der Waals surface area contributed by atoms with Crippen LogP contribution >= 0.6 is 0 Å². The molecule has 0 aromatic carbocycles. The minimum Gasteiger partial charge on any atom is -0.369 e. The summed E-state index contributed by atoms with van der Waals surface area (Å²) in [4.78, 5) is 28.0. The van der Waals surface area contributed by atoms with Gasteiger partial charge in [-0.2, -0.15) is 4.39 Å². The Balaban J connectivity index is 2.04. The Morgan fingerprint density at radius 3 is 2.61 bits per heavy atom. The Hall–Kier alpha value is -1.98. The molecule has 1 aromatic heterocycles. The number of hydrogen-bond acceptors (Lipinski definition) is 3. The Labute approximate surface area is 104 Å². The molecule has 0 bridgehead atoms. The van der Waals surface area contributed by atoms with Crippen LogP contribution in [0.1, 0.15) is 23.2 Å². The predicted octanol–water partition coefficient (Wildman–Crippen LogP) is 0.558. The van der Waals surface area contributed by atoms with Crippen LogP contribution < -0.4 is 5.73 Å². The van der Waals surface area contributed by atoms with Crippen LogP contribution in [-0.2, 0) is 4.79 Å². The molecule has 6 heteroatoms. The summed E-state index contributed by atoms with van der Waals surface area (Å²) >= 11 is 0. The average molecular weight is 251 g/mol. The molecule has 0 saturated carbocycles. The van der Waals surface area contributed by atoms with Gasteiger partial charge in [-0.15, -0.1) is 0 Å². The third kappa shape index (κ3) is 2.47. The summed E-state index contributed by atoms with van der Waals surface area (Å²) in [6, 6.07) is 2.93. The molecular weight excluding hydrogens is 237 g/mol. The summed E-state index contributed by atoms with van der Waals surface area (Å²) in [6.45, 7) is 0.835. The van der Waals surface area contributed by atoms with Gasteiger partial charge in [0.05, 0.1) is 5.56 Å². The highest BCUT2D eigenvalue weighted by molar-refractivity contribution is 5.94. The van der Waals surface area contributed by atoms with E-state index in [0.29, 0.717) is 25.9 Å². The van der Waals surface area contributed by atoms with Gasteiger partial charge in [0.15, 0.2) is 0 Å². The highest BCUT2D eigenvalue weighted by Crippen LogP contribution is 2.19. The minimum absolute atomic E-state index is 0.0324. The van der Waals surface area contributed by atoms with Crippen LogP contribution in [0.25, 0.3) is 0 Å². The number of likely N-dealkylation sites (tertiary alicyclic amines) is 1. The van der Waals surface area contributed by atoms with Crippen LogP contribution in [0.5, 0.6) is 0 Å². The molecule has 1 saturated heterocycles. The van der Waals surface area contributed by atoms with E-state index in [1.54, 1.807) is 0 Å². The van der Waals surface area contributed by atoms with Gasteiger partial charge in [-0.3, -0.25) is 9.59 Å². The Morgan fingerprint density at radius 2 is 2.06 bits per heavy atom. The number of nitrogens with two attached hydrogens (primary N) is 1. The number of halogens is 1. The molecule has 2 rings (SSSR count). The molecule has 0 spiro atoms. The van der Waals surface area contributed by atoms with Gasteiger partial charge in [-0.05, 0) is 25.0 Å². The Morgan fingerprint density at radius 1 is 1.39 bits per heavy atom. The lowest BCUT2D eigenvalue weighted by Crippen LogP contribution is -2.42. The maximum absolute atomic E-state index is 13.4. The normalized spacial score (nSPS) is 16.6. The molecule has 1 fully saturated rings. The van der Waals surface area contributed by atoms with Crippen LogP contribution in [0.3, 0.4) is 0 Å². The van der Waals surface area contributed by atoms with Crippen LogP contribution in [0, 0.1) is 11.9 Å². The van der Waals surface area contributed by atoms with Crippen molar-refractivity contribution >= 4 is 11.8 Å². The Kier molecular flexibility index (Phi) is 3.55. The van der Waals surface area contributed by atoms with Gasteiger partial charge in [0, 0.05) is 25.2 Å². The van der Waals surface area contributed by atoms with E-state index in [2.05, 4.69) is 4.98 Å². The van der Waals surface area contributed by atoms with Crippen LogP contribution in [-0.4, -0.2) is 34.8 Å². The van der Waals surface area contributed by atoms with Crippen LogP contribution in [0.2, 0.25) is 0 Å². The van der Waals surface area contributed by atoms with Crippen molar-refractivity contribution < 1.29 is 14.0 Å². The standard InChI is InChI=1S/C12H14FN3O2/c13-10-9(2-1-5-15-10)12(18)16-6-3-8(4-7-16)11(14)17/h1-2,5,8H,3-4,6-7H2,(H2,14,17). The number of piperidine rings is 1. The van der Waals surface area contributed by atoms with Crippen LogP contribution in [0.15, 0.2) is 18.3 Å². The van der Waals surface area contributed by atoms with E-state index in [1.807, 2.05) is 0 Å². The third-order valence-electron chi connectivity index (χ3n) is 3.17. The van der Waals surface area contributed by atoms with E-state index in [1.165, 1.54) is 23.2 Å². The van der Waals surface area contributed by atoms with Gasteiger partial charge >= 0.3 is 0 Å². The van der Waals surface area contributed by atoms with E-state index in [-0.39, 0.29) is 23.3 Å². The summed E-state index contributed by atoms with van der Waals surface area (Å²) in [7, 11) is 0. The first-order chi connectivity index (χ1) is 8.59. The number of hydrogen-bond donors (Lipinski definition) is 1. The van der Waals surface area contributed by atoms with Gasteiger partial charge in [-0.1, -0.05) is 0 Å².